The van der Waals surface area contributed by atoms with E-state index < -0.39 is 23.4 Å². The first-order valence-electron chi connectivity index (χ1n) is 6.88. The van der Waals surface area contributed by atoms with E-state index in [9.17, 15) is 19.7 Å². The van der Waals surface area contributed by atoms with Crippen LogP contribution in [0.2, 0.25) is 0 Å². The quantitative estimate of drug-likeness (QED) is 0.621. The summed E-state index contributed by atoms with van der Waals surface area (Å²) >= 11 is 0. The van der Waals surface area contributed by atoms with E-state index in [1.54, 1.807) is 13.0 Å². The van der Waals surface area contributed by atoms with Crippen LogP contribution in [0.15, 0.2) is 42.5 Å². The van der Waals surface area contributed by atoms with Gasteiger partial charge in [-0.2, -0.15) is 0 Å². The molecule has 0 fully saturated rings. The Morgan fingerprint density at radius 1 is 1.21 bits per heavy atom. The van der Waals surface area contributed by atoms with Crippen molar-refractivity contribution in [1.29, 1.82) is 0 Å². The number of aromatic carboxylic acids is 1. The molecular formula is C16H14N2O6. The molecule has 0 saturated carbocycles. The van der Waals surface area contributed by atoms with E-state index in [4.69, 9.17) is 9.84 Å². The molecule has 0 unspecified atom stereocenters. The molecule has 124 valence electrons. The highest BCUT2D eigenvalue weighted by Crippen LogP contribution is 2.27. The molecule has 0 radical (unpaired) electrons. The normalized spacial score (nSPS) is 10.0. The number of nitrogens with one attached hydrogen (secondary N) is 1. The molecule has 0 aliphatic heterocycles. The second kappa shape index (κ2) is 7.23. The van der Waals surface area contributed by atoms with Crippen LogP contribution in [0.1, 0.15) is 15.9 Å². The lowest BCUT2D eigenvalue weighted by Crippen LogP contribution is -2.20. The summed E-state index contributed by atoms with van der Waals surface area (Å²) < 4.78 is 5.20. The Morgan fingerprint density at radius 2 is 1.88 bits per heavy atom. The van der Waals surface area contributed by atoms with Gasteiger partial charge in [0.1, 0.15) is 0 Å². The van der Waals surface area contributed by atoms with E-state index in [1.807, 2.05) is 0 Å². The number of rotatable bonds is 6. The predicted octanol–water partition coefficient (Wildman–Crippen LogP) is 2.62. The van der Waals surface area contributed by atoms with Crippen molar-refractivity contribution in [2.45, 2.75) is 6.92 Å². The van der Waals surface area contributed by atoms with Gasteiger partial charge < -0.3 is 15.2 Å². The van der Waals surface area contributed by atoms with Gasteiger partial charge >= 0.3 is 11.7 Å². The molecular weight excluding hydrogens is 316 g/mol. The number of nitro benzene ring substituents is 1. The van der Waals surface area contributed by atoms with Crippen molar-refractivity contribution < 1.29 is 24.4 Å². The van der Waals surface area contributed by atoms with Gasteiger partial charge in [0, 0.05) is 11.8 Å². The van der Waals surface area contributed by atoms with E-state index in [1.165, 1.54) is 36.4 Å². The number of carboxylic acid groups (broad SMARTS) is 1. The van der Waals surface area contributed by atoms with Crippen molar-refractivity contribution in [1.82, 2.24) is 0 Å². The highest BCUT2D eigenvalue weighted by Gasteiger charge is 2.16. The Morgan fingerprint density at radius 3 is 2.46 bits per heavy atom. The van der Waals surface area contributed by atoms with E-state index in [-0.39, 0.29) is 17.0 Å². The monoisotopic (exact) mass is 330 g/mol. The van der Waals surface area contributed by atoms with Crippen LogP contribution in [0, 0.1) is 17.0 Å². The van der Waals surface area contributed by atoms with Gasteiger partial charge in [0.05, 0.1) is 10.5 Å². The first-order chi connectivity index (χ1) is 11.4. The highest BCUT2D eigenvalue weighted by molar-refractivity contribution is 5.93. The third kappa shape index (κ3) is 4.29. The van der Waals surface area contributed by atoms with Crippen molar-refractivity contribution in [2.75, 3.05) is 11.9 Å². The van der Waals surface area contributed by atoms with Crippen molar-refractivity contribution >= 4 is 23.3 Å². The number of nitrogens with zero attached hydrogens (tertiary/aromatic N) is 1. The molecule has 0 bridgehead atoms. The number of carboxylic acids is 1. The molecule has 0 atom stereocenters. The molecule has 0 spiro atoms. The average molecular weight is 330 g/mol. The second-order valence-electron chi connectivity index (χ2n) is 4.95. The fourth-order valence-electron chi connectivity index (χ4n) is 1.93. The Kier molecular flexibility index (Phi) is 5.10. The second-order valence-corrected chi connectivity index (χ2v) is 4.95. The summed E-state index contributed by atoms with van der Waals surface area (Å²) in [4.78, 5) is 33.0. The number of carbonyl (C=O) groups excluding carboxylic acids is 1. The molecule has 0 aliphatic rings. The van der Waals surface area contributed by atoms with Crippen LogP contribution in [-0.4, -0.2) is 28.5 Å². The topological polar surface area (TPSA) is 119 Å². The summed E-state index contributed by atoms with van der Waals surface area (Å²) in [6.07, 6.45) is 0. The number of hydrogen-bond acceptors (Lipinski definition) is 5. The number of carbonyl (C=O) groups is 2. The molecule has 1 amide bonds. The minimum Gasteiger partial charge on any atom is -0.478 e. The Balaban J connectivity index is 1.98. The van der Waals surface area contributed by atoms with Crippen LogP contribution >= 0.6 is 0 Å². The molecule has 0 heterocycles. The van der Waals surface area contributed by atoms with Gasteiger partial charge in [0.15, 0.2) is 12.4 Å². The molecule has 2 aromatic rings. The standard InChI is InChI=1S/C16H14N2O6/c1-10-2-7-14(13(8-10)18(22)23)24-9-15(19)17-12-5-3-11(4-6-12)16(20)21/h2-8H,9H2,1H3,(H,17,19)(H,20,21). The number of hydrogen-bond donors (Lipinski definition) is 2. The predicted molar refractivity (Wildman–Crippen MR) is 85.4 cm³/mol. The van der Waals surface area contributed by atoms with Crippen LogP contribution in [-0.2, 0) is 4.79 Å². The zero-order chi connectivity index (χ0) is 17.7. The summed E-state index contributed by atoms with van der Waals surface area (Å²) in [5.74, 6) is -1.59. The fraction of sp³-hybridized carbons (Fsp3) is 0.125. The van der Waals surface area contributed by atoms with Crippen LogP contribution in [0.5, 0.6) is 5.75 Å². The summed E-state index contributed by atoms with van der Waals surface area (Å²) in [6.45, 7) is 1.30. The maximum absolute atomic E-state index is 11.8. The lowest BCUT2D eigenvalue weighted by Gasteiger charge is -2.08. The number of aryl methyl sites for hydroxylation is 1. The van der Waals surface area contributed by atoms with Gasteiger partial charge in [-0.15, -0.1) is 0 Å². The highest BCUT2D eigenvalue weighted by atomic mass is 16.6. The third-order valence-corrected chi connectivity index (χ3v) is 3.09. The summed E-state index contributed by atoms with van der Waals surface area (Å²) in [7, 11) is 0. The largest absolute Gasteiger partial charge is 0.478 e. The number of benzene rings is 2. The summed E-state index contributed by atoms with van der Waals surface area (Å²) in [5, 5.41) is 22.3. The molecule has 0 aromatic heterocycles. The molecule has 24 heavy (non-hydrogen) atoms. The van der Waals surface area contributed by atoms with Crippen molar-refractivity contribution in [3.05, 3.63) is 63.7 Å². The Bertz CT molecular complexity index is 786. The van der Waals surface area contributed by atoms with Gasteiger partial charge in [-0.1, -0.05) is 6.07 Å². The van der Waals surface area contributed by atoms with Crippen LogP contribution < -0.4 is 10.1 Å². The van der Waals surface area contributed by atoms with E-state index >= 15 is 0 Å². The third-order valence-electron chi connectivity index (χ3n) is 3.09. The molecule has 0 aliphatic carbocycles. The fourth-order valence-corrected chi connectivity index (χ4v) is 1.93. The average Bonchev–Trinajstić information content (AvgIpc) is 2.54. The van der Waals surface area contributed by atoms with E-state index in [0.717, 1.165) is 0 Å². The number of ether oxygens (including phenoxy) is 1. The molecule has 2 aromatic carbocycles. The summed E-state index contributed by atoms with van der Waals surface area (Å²) in [5.41, 5.74) is 0.983. The number of nitro groups is 1. The van der Waals surface area contributed by atoms with Gasteiger partial charge in [0.25, 0.3) is 5.91 Å². The minimum absolute atomic E-state index is 0.00183. The maximum Gasteiger partial charge on any atom is 0.335 e. The minimum atomic E-state index is -1.07. The number of amides is 1. The Hall–Kier alpha value is -3.42. The van der Waals surface area contributed by atoms with Crippen molar-refractivity contribution in [3.8, 4) is 5.75 Å². The van der Waals surface area contributed by atoms with Crippen LogP contribution in [0.4, 0.5) is 11.4 Å². The lowest BCUT2D eigenvalue weighted by atomic mass is 10.2. The molecule has 0 saturated heterocycles. The maximum atomic E-state index is 11.8. The summed E-state index contributed by atoms with van der Waals surface area (Å²) in [6, 6.07) is 10.0. The van der Waals surface area contributed by atoms with Crippen LogP contribution in [0.25, 0.3) is 0 Å². The Labute approximate surface area is 136 Å². The van der Waals surface area contributed by atoms with E-state index in [0.29, 0.717) is 11.3 Å². The van der Waals surface area contributed by atoms with Gasteiger partial charge in [-0.25, -0.2) is 4.79 Å². The van der Waals surface area contributed by atoms with Crippen molar-refractivity contribution in [2.24, 2.45) is 0 Å². The zero-order valence-electron chi connectivity index (χ0n) is 12.7. The van der Waals surface area contributed by atoms with Gasteiger partial charge in [0.2, 0.25) is 0 Å². The van der Waals surface area contributed by atoms with E-state index in [2.05, 4.69) is 5.32 Å². The molecule has 2 rings (SSSR count). The van der Waals surface area contributed by atoms with Crippen molar-refractivity contribution in [3.63, 3.8) is 0 Å². The van der Waals surface area contributed by atoms with Gasteiger partial charge in [-0.05, 0) is 42.8 Å². The SMILES string of the molecule is Cc1ccc(OCC(=O)Nc2ccc(C(=O)O)cc2)c([N+](=O)[O-])c1. The first-order valence-corrected chi connectivity index (χ1v) is 6.88. The zero-order valence-corrected chi connectivity index (χ0v) is 12.7. The lowest BCUT2D eigenvalue weighted by molar-refractivity contribution is -0.385. The molecule has 8 nitrogen and oxygen atoms in total. The molecule has 2 N–H and O–H groups in total. The number of anilines is 1. The first kappa shape index (κ1) is 16.9. The van der Waals surface area contributed by atoms with Gasteiger partial charge in [-0.3, -0.25) is 14.9 Å². The van der Waals surface area contributed by atoms with Crippen LogP contribution in [0.3, 0.4) is 0 Å². The molecule has 8 heteroatoms. The smallest absolute Gasteiger partial charge is 0.335 e.